The lowest BCUT2D eigenvalue weighted by Crippen LogP contribution is -2.38. The molecule has 1 amide bonds. The number of aromatic nitrogens is 2. The predicted molar refractivity (Wildman–Crippen MR) is 91.4 cm³/mol. The molecule has 2 aromatic rings. The molecule has 3 rings (SSSR count). The van der Waals surface area contributed by atoms with Crippen LogP contribution in [0.15, 0.2) is 42.9 Å². The van der Waals surface area contributed by atoms with Gasteiger partial charge < -0.3 is 10.2 Å². The van der Waals surface area contributed by atoms with Crippen LogP contribution in [0.3, 0.4) is 0 Å². The molecule has 0 radical (unpaired) electrons. The van der Waals surface area contributed by atoms with Crippen LogP contribution in [-0.2, 0) is 11.2 Å². The van der Waals surface area contributed by atoms with Crippen molar-refractivity contribution in [3.05, 3.63) is 48.4 Å². The number of anilines is 2. The van der Waals surface area contributed by atoms with Gasteiger partial charge in [-0.1, -0.05) is 19.1 Å². The largest absolute Gasteiger partial charge is 0.355 e. The molecular weight excluding hydrogens is 288 g/mol. The smallest absolute Gasteiger partial charge is 0.227 e. The predicted octanol–water partition coefficient (Wildman–Crippen LogP) is 2.89. The van der Waals surface area contributed by atoms with Crippen molar-refractivity contribution >= 4 is 17.4 Å². The van der Waals surface area contributed by atoms with E-state index in [1.165, 1.54) is 5.56 Å². The number of piperidine rings is 1. The van der Waals surface area contributed by atoms with E-state index >= 15 is 0 Å². The molecule has 0 saturated carbocycles. The molecule has 23 heavy (non-hydrogen) atoms. The normalized spacial score (nSPS) is 15.4. The summed E-state index contributed by atoms with van der Waals surface area (Å²) in [6, 6.07) is 8.08. The first-order valence-electron chi connectivity index (χ1n) is 8.17. The number of nitrogens with zero attached hydrogens (tertiary/aromatic N) is 3. The van der Waals surface area contributed by atoms with Crippen molar-refractivity contribution in [2.45, 2.75) is 26.2 Å². The monoisotopic (exact) mass is 310 g/mol. The van der Waals surface area contributed by atoms with Crippen molar-refractivity contribution in [3.63, 3.8) is 0 Å². The Labute approximate surface area is 136 Å². The minimum Gasteiger partial charge on any atom is -0.355 e. The van der Waals surface area contributed by atoms with E-state index in [0.717, 1.165) is 43.9 Å². The van der Waals surface area contributed by atoms with E-state index in [4.69, 9.17) is 0 Å². The summed E-state index contributed by atoms with van der Waals surface area (Å²) in [5.41, 5.74) is 2.16. The Morgan fingerprint density at radius 1 is 1.22 bits per heavy atom. The van der Waals surface area contributed by atoms with Crippen LogP contribution in [0.2, 0.25) is 0 Å². The SMILES string of the molecule is CCc1ccc(NC(=O)C2CCN(c3cnccn3)CC2)cc1. The van der Waals surface area contributed by atoms with Gasteiger partial charge in [0.1, 0.15) is 5.82 Å². The second-order valence-corrected chi connectivity index (χ2v) is 5.86. The Bertz CT molecular complexity index is 634. The van der Waals surface area contributed by atoms with Crippen molar-refractivity contribution in [1.29, 1.82) is 0 Å². The summed E-state index contributed by atoms with van der Waals surface area (Å²) in [5.74, 6) is 1.07. The summed E-state index contributed by atoms with van der Waals surface area (Å²) >= 11 is 0. The molecule has 0 unspecified atom stereocenters. The molecule has 1 N–H and O–H groups in total. The maximum Gasteiger partial charge on any atom is 0.227 e. The Balaban J connectivity index is 1.53. The van der Waals surface area contributed by atoms with Crippen molar-refractivity contribution < 1.29 is 4.79 Å². The molecule has 0 aliphatic carbocycles. The van der Waals surface area contributed by atoms with Crippen LogP contribution in [0.1, 0.15) is 25.3 Å². The molecule has 0 atom stereocenters. The lowest BCUT2D eigenvalue weighted by atomic mass is 9.96. The number of benzene rings is 1. The maximum atomic E-state index is 12.4. The Morgan fingerprint density at radius 3 is 2.57 bits per heavy atom. The highest BCUT2D eigenvalue weighted by atomic mass is 16.1. The quantitative estimate of drug-likeness (QED) is 0.943. The molecule has 5 heteroatoms. The summed E-state index contributed by atoms with van der Waals surface area (Å²) < 4.78 is 0. The summed E-state index contributed by atoms with van der Waals surface area (Å²) in [7, 11) is 0. The van der Waals surface area contributed by atoms with Crippen molar-refractivity contribution in [3.8, 4) is 0 Å². The summed E-state index contributed by atoms with van der Waals surface area (Å²) in [4.78, 5) is 23.0. The van der Waals surface area contributed by atoms with E-state index in [1.807, 2.05) is 12.1 Å². The summed E-state index contributed by atoms with van der Waals surface area (Å²) in [6.45, 7) is 3.80. The molecule has 5 nitrogen and oxygen atoms in total. The van der Waals surface area contributed by atoms with E-state index in [0.29, 0.717) is 0 Å². The van der Waals surface area contributed by atoms with E-state index in [1.54, 1.807) is 18.6 Å². The van der Waals surface area contributed by atoms with Gasteiger partial charge in [-0.2, -0.15) is 0 Å². The van der Waals surface area contributed by atoms with Crippen LogP contribution in [0, 0.1) is 5.92 Å². The van der Waals surface area contributed by atoms with Gasteiger partial charge in [-0.05, 0) is 37.0 Å². The zero-order chi connectivity index (χ0) is 16.1. The van der Waals surface area contributed by atoms with E-state index < -0.39 is 0 Å². The van der Waals surface area contributed by atoms with Gasteiger partial charge in [-0.15, -0.1) is 0 Å². The van der Waals surface area contributed by atoms with Crippen LogP contribution in [0.5, 0.6) is 0 Å². The highest BCUT2D eigenvalue weighted by molar-refractivity contribution is 5.92. The number of aryl methyl sites for hydroxylation is 1. The molecule has 0 bridgehead atoms. The number of amides is 1. The summed E-state index contributed by atoms with van der Waals surface area (Å²) in [5, 5.41) is 3.03. The van der Waals surface area contributed by atoms with Gasteiger partial charge in [0.2, 0.25) is 5.91 Å². The Hall–Kier alpha value is -2.43. The van der Waals surface area contributed by atoms with Crippen LogP contribution < -0.4 is 10.2 Å². The molecular formula is C18H22N4O. The zero-order valence-corrected chi connectivity index (χ0v) is 13.4. The maximum absolute atomic E-state index is 12.4. The molecule has 1 fully saturated rings. The fourth-order valence-corrected chi connectivity index (χ4v) is 2.89. The highest BCUT2D eigenvalue weighted by Crippen LogP contribution is 2.22. The highest BCUT2D eigenvalue weighted by Gasteiger charge is 2.25. The van der Waals surface area contributed by atoms with Crippen LogP contribution in [-0.4, -0.2) is 29.0 Å². The third-order valence-corrected chi connectivity index (χ3v) is 4.37. The molecule has 1 aliphatic rings. The average molecular weight is 310 g/mol. The molecule has 1 aromatic carbocycles. The number of nitrogens with one attached hydrogen (secondary N) is 1. The Morgan fingerprint density at radius 2 is 1.96 bits per heavy atom. The lowest BCUT2D eigenvalue weighted by molar-refractivity contribution is -0.120. The molecule has 120 valence electrons. The standard InChI is InChI=1S/C18H22N4O/c1-2-14-3-5-16(6-4-14)21-18(23)15-7-11-22(12-8-15)17-13-19-9-10-20-17/h3-6,9-10,13,15H,2,7-8,11-12H2,1H3,(H,21,23). The van der Waals surface area contributed by atoms with Crippen LogP contribution in [0.4, 0.5) is 11.5 Å². The molecule has 1 aromatic heterocycles. The molecule has 1 saturated heterocycles. The van der Waals surface area contributed by atoms with Crippen molar-refractivity contribution in [1.82, 2.24) is 9.97 Å². The minimum atomic E-state index is 0.0637. The van der Waals surface area contributed by atoms with Crippen LogP contribution >= 0.6 is 0 Å². The van der Waals surface area contributed by atoms with Crippen molar-refractivity contribution in [2.75, 3.05) is 23.3 Å². The van der Waals surface area contributed by atoms with Crippen molar-refractivity contribution in [2.24, 2.45) is 5.92 Å². The number of carbonyl (C=O) groups excluding carboxylic acids is 1. The fraction of sp³-hybridized carbons (Fsp3) is 0.389. The molecule has 1 aliphatic heterocycles. The first-order chi connectivity index (χ1) is 11.3. The summed E-state index contributed by atoms with van der Waals surface area (Å²) in [6.07, 6.45) is 7.84. The second kappa shape index (κ2) is 7.22. The Kier molecular flexibility index (Phi) is 4.86. The average Bonchev–Trinajstić information content (AvgIpc) is 2.63. The van der Waals surface area contributed by atoms with Gasteiger partial charge in [-0.3, -0.25) is 9.78 Å². The molecule has 2 heterocycles. The van der Waals surface area contributed by atoms with Gasteiger partial charge in [-0.25, -0.2) is 4.98 Å². The van der Waals surface area contributed by atoms with Crippen LogP contribution in [0.25, 0.3) is 0 Å². The number of hydrogen-bond acceptors (Lipinski definition) is 4. The molecule has 0 spiro atoms. The van der Waals surface area contributed by atoms with Gasteiger partial charge in [0.25, 0.3) is 0 Å². The third-order valence-electron chi connectivity index (χ3n) is 4.37. The minimum absolute atomic E-state index is 0.0637. The topological polar surface area (TPSA) is 58.1 Å². The van der Waals surface area contributed by atoms with E-state index in [2.05, 4.69) is 39.2 Å². The third kappa shape index (κ3) is 3.86. The number of carbonyl (C=O) groups is 1. The fourth-order valence-electron chi connectivity index (χ4n) is 2.89. The first kappa shape index (κ1) is 15.5. The van der Waals surface area contributed by atoms with Gasteiger partial charge in [0.15, 0.2) is 0 Å². The van der Waals surface area contributed by atoms with Gasteiger partial charge >= 0.3 is 0 Å². The van der Waals surface area contributed by atoms with E-state index in [9.17, 15) is 4.79 Å². The lowest BCUT2D eigenvalue weighted by Gasteiger charge is -2.31. The van der Waals surface area contributed by atoms with Gasteiger partial charge in [0, 0.05) is 37.1 Å². The number of rotatable bonds is 4. The first-order valence-corrected chi connectivity index (χ1v) is 8.17. The number of hydrogen-bond donors (Lipinski definition) is 1. The van der Waals surface area contributed by atoms with E-state index in [-0.39, 0.29) is 11.8 Å². The second-order valence-electron chi connectivity index (χ2n) is 5.86. The van der Waals surface area contributed by atoms with Gasteiger partial charge in [0.05, 0.1) is 6.20 Å². The zero-order valence-electron chi connectivity index (χ0n) is 13.4.